The third-order valence-electron chi connectivity index (χ3n) is 5.58. The van der Waals surface area contributed by atoms with Crippen molar-refractivity contribution in [2.24, 2.45) is 11.8 Å². The fourth-order valence-electron chi connectivity index (χ4n) is 4.23. The van der Waals surface area contributed by atoms with Crippen LogP contribution in [-0.4, -0.2) is 20.4 Å². The number of fused-ring (bicyclic) bond motifs is 2. The summed E-state index contributed by atoms with van der Waals surface area (Å²) in [6.45, 7) is 0. The van der Waals surface area contributed by atoms with E-state index in [4.69, 9.17) is 0 Å². The summed E-state index contributed by atoms with van der Waals surface area (Å²) < 4.78 is 41.1. The van der Waals surface area contributed by atoms with Gasteiger partial charge in [-0.2, -0.15) is 0 Å². The molecule has 142 valence electrons. The molecule has 27 heavy (non-hydrogen) atoms. The van der Waals surface area contributed by atoms with Crippen molar-refractivity contribution in [3.8, 4) is 0 Å². The van der Waals surface area contributed by atoms with Gasteiger partial charge < -0.3 is 5.32 Å². The number of rotatable bonds is 5. The molecule has 2 unspecified atom stereocenters. The largest absolute Gasteiger partial charge is 0.349 e. The number of halogens is 1. The van der Waals surface area contributed by atoms with Crippen LogP contribution >= 0.6 is 0 Å². The molecule has 0 aromatic heterocycles. The molecular weight excluding hydrogens is 367 g/mol. The van der Waals surface area contributed by atoms with Crippen molar-refractivity contribution in [2.75, 3.05) is 4.72 Å². The van der Waals surface area contributed by atoms with Gasteiger partial charge in [-0.15, -0.1) is 0 Å². The first kappa shape index (κ1) is 18.0. The van der Waals surface area contributed by atoms with Crippen LogP contribution < -0.4 is 10.0 Å². The summed E-state index contributed by atoms with van der Waals surface area (Å²) in [5.74, 6) is 0.312. The van der Waals surface area contributed by atoms with E-state index < -0.39 is 15.8 Å². The molecule has 2 aromatic carbocycles. The van der Waals surface area contributed by atoms with Crippen LogP contribution in [0.1, 0.15) is 36.0 Å². The maximum atomic E-state index is 13.8. The number of para-hydroxylation sites is 1. The van der Waals surface area contributed by atoms with Gasteiger partial charge in [0.15, 0.2) is 0 Å². The van der Waals surface area contributed by atoms with Crippen LogP contribution in [0, 0.1) is 17.7 Å². The smallest absolute Gasteiger partial charge is 0.262 e. The summed E-state index contributed by atoms with van der Waals surface area (Å²) in [7, 11) is -4.00. The Labute approximate surface area is 158 Å². The lowest BCUT2D eigenvalue weighted by Gasteiger charge is -2.23. The zero-order chi connectivity index (χ0) is 19.0. The van der Waals surface area contributed by atoms with Gasteiger partial charge in [-0.05, 0) is 61.4 Å². The lowest BCUT2D eigenvalue weighted by molar-refractivity contribution is 0.0922. The molecule has 2 aliphatic carbocycles. The van der Waals surface area contributed by atoms with Crippen molar-refractivity contribution in [3.63, 3.8) is 0 Å². The quantitative estimate of drug-likeness (QED) is 0.823. The number of hydrogen-bond acceptors (Lipinski definition) is 3. The molecule has 1 amide bonds. The number of carbonyl (C=O) groups excluding carboxylic acids is 1. The Balaban J connectivity index is 1.51. The fourth-order valence-corrected chi connectivity index (χ4v) is 5.34. The second kappa shape index (κ2) is 6.96. The van der Waals surface area contributed by atoms with Crippen LogP contribution in [0.2, 0.25) is 0 Å². The topological polar surface area (TPSA) is 75.3 Å². The van der Waals surface area contributed by atoms with E-state index >= 15 is 0 Å². The summed E-state index contributed by atoms with van der Waals surface area (Å²) in [6.07, 6.45) is 4.57. The molecule has 3 atom stereocenters. The van der Waals surface area contributed by atoms with E-state index in [2.05, 4.69) is 10.0 Å². The van der Waals surface area contributed by atoms with E-state index in [0.717, 1.165) is 12.8 Å². The standard InChI is InChI=1S/C20H21FN2O3S/c21-17-6-1-2-7-18(17)23-27(25,26)16-5-3-4-15(12-16)20(24)22-19-11-13-8-9-14(19)10-13/h1-7,12-14,19,23H,8-11H2,(H,22,24)/t13?,14?,19-/m1/s1. The lowest BCUT2D eigenvalue weighted by Crippen LogP contribution is -2.38. The number of anilines is 1. The van der Waals surface area contributed by atoms with Crippen molar-refractivity contribution < 1.29 is 17.6 Å². The first-order valence-electron chi connectivity index (χ1n) is 9.10. The van der Waals surface area contributed by atoms with Gasteiger partial charge in [0.05, 0.1) is 10.6 Å². The molecule has 7 heteroatoms. The van der Waals surface area contributed by atoms with Gasteiger partial charge >= 0.3 is 0 Å². The molecule has 2 bridgehead atoms. The predicted octanol–water partition coefficient (Wildman–Crippen LogP) is 3.54. The van der Waals surface area contributed by atoms with Crippen LogP contribution in [0.5, 0.6) is 0 Å². The molecule has 0 aliphatic heterocycles. The SMILES string of the molecule is O=C(N[C@@H]1CC2CCC1C2)c1cccc(S(=O)(=O)Nc2ccccc2F)c1. The van der Waals surface area contributed by atoms with Gasteiger partial charge in [-0.25, -0.2) is 12.8 Å². The maximum absolute atomic E-state index is 13.8. The van der Waals surface area contributed by atoms with E-state index in [9.17, 15) is 17.6 Å². The van der Waals surface area contributed by atoms with E-state index in [1.807, 2.05) is 0 Å². The highest BCUT2D eigenvalue weighted by Gasteiger charge is 2.40. The Kier molecular flexibility index (Phi) is 4.63. The molecule has 5 nitrogen and oxygen atoms in total. The molecule has 0 spiro atoms. The van der Waals surface area contributed by atoms with Gasteiger partial charge in [0.2, 0.25) is 0 Å². The molecule has 4 rings (SSSR count). The second-order valence-electron chi connectivity index (χ2n) is 7.37. The molecule has 2 aliphatic rings. The number of nitrogens with one attached hydrogen (secondary N) is 2. The highest BCUT2D eigenvalue weighted by Crippen LogP contribution is 2.44. The molecule has 0 saturated heterocycles. The zero-order valence-corrected chi connectivity index (χ0v) is 15.5. The average Bonchev–Trinajstić information content (AvgIpc) is 3.27. The Morgan fingerprint density at radius 2 is 1.85 bits per heavy atom. The molecule has 2 saturated carbocycles. The Morgan fingerprint density at radius 1 is 1.04 bits per heavy atom. The Hall–Kier alpha value is -2.41. The highest BCUT2D eigenvalue weighted by molar-refractivity contribution is 7.92. The van der Waals surface area contributed by atoms with Gasteiger partial charge in [0.1, 0.15) is 5.82 Å². The number of amides is 1. The van der Waals surface area contributed by atoms with Crippen LogP contribution in [0.25, 0.3) is 0 Å². The predicted molar refractivity (Wildman–Crippen MR) is 100 cm³/mol. The van der Waals surface area contributed by atoms with Crippen LogP contribution in [0.4, 0.5) is 10.1 Å². The second-order valence-corrected chi connectivity index (χ2v) is 9.05. The van der Waals surface area contributed by atoms with Crippen LogP contribution in [0.3, 0.4) is 0 Å². The van der Waals surface area contributed by atoms with Crippen molar-refractivity contribution in [1.82, 2.24) is 5.32 Å². The maximum Gasteiger partial charge on any atom is 0.262 e. The molecule has 2 aromatic rings. The fraction of sp³-hybridized carbons (Fsp3) is 0.350. The van der Waals surface area contributed by atoms with Crippen LogP contribution in [-0.2, 0) is 10.0 Å². The number of sulfonamides is 1. The molecule has 0 radical (unpaired) electrons. The van der Waals surface area contributed by atoms with E-state index in [-0.39, 0.29) is 28.1 Å². The van der Waals surface area contributed by atoms with E-state index in [1.54, 1.807) is 12.1 Å². The summed E-state index contributed by atoms with van der Waals surface area (Å²) in [4.78, 5) is 12.5. The minimum atomic E-state index is -4.00. The highest BCUT2D eigenvalue weighted by atomic mass is 32.2. The Morgan fingerprint density at radius 3 is 2.56 bits per heavy atom. The molecule has 0 heterocycles. The minimum absolute atomic E-state index is 0.0775. The van der Waals surface area contributed by atoms with E-state index in [1.165, 1.54) is 49.2 Å². The molecular formula is C20H21FN2O3S. The van der Waals surface area contributed by atoms with Crippen molar-refractivity contribution in [3.05, 3.63) is 59.9 Å². The average molecular weight is 388 g/mol. The number of carbonyl (C=O) groups is 1. The first-order chi connectivity index (χ1) is 12.9. The monoisotopic (exact) mass is 388 g/mol. The van der Waals surface area contributed by atoms with Gasteiger partial charge in [0.25, 0.3) is 15.9 Å². The molecule has 2 N–H and O–H groups in total. The number of benzene rings is 2. The van der Waals surface area contributed by atoms with Crippen molar-refractivity contribution >= 4 is 21.6 Å². The summed E-state index contributed by atoms with van der Waals surface area (Å²) >= 11 is 0. The van der Waals surface area contributed by atoms with Gasteiger partial charge in [0, 0.05) is 11.6 Å². The Bertz CT molecular complexity index is 977. The van der Waals surface area contributed by atoms with Crippen LogP contribution in [0.15, 0.2) is 53.4 Å². The van der Waals surface area contributed by atoms with Crippen molar-refractivity contribution in [1.29, 1.82) is 0 Å². The van der Waals surface area contributed by atoms with Gasteiger partial charge in [-0.1, -0.05) is 24.6 Å². The summed E-state index contributed by atoms with van der Waals surface area (Å²) in [5.41, 5.74) is 0.156. The third kappa shape index (κ3) is 3.69. The first-order valence-corrected chi connectivity index (χ1v) is 10.6. The molecule has 2 fully saturated rings. The van der Waals surface area contributed by atoms with Crippen molar-refractivity contribution in [2.45, 2.75) is 36.6 Å². The zero-order valence-electron chi connectivity index (χ0n) is 14.7. The third-order valence-corrected chi connectivity index (χ3v) is 6.94. The number of hydrogen-bond donors (Lipinski definition) is 2. The summed E-state index contributed by atoms with van der Waals surface area (Å²) in [5, 5.41) is 3.05. The summed E-state index contributed by atoms with van der Waals surface area (Å²) in [6, 6.07) is 11.5. The lowest BCUT2D eigenvalue weighted by atomic mass is 9.95. The minimum Gasteiger partial charge on any atom is -0.349 e. The van der Waals surface area contributed by atoms with E-state index in [0.29, 0.717) is 11.8 Å². The van der Waals surface area contributed by atoms with Gasteiger partial charge in [-0.3, -0.25) is 9.52 Å². The normalized spacial score (nSPS) is 24.0.